The third kappa shape index (κ3) is 29.6. The second-order valence-corrected chi connectivity index (χ2v) is 1.89. The SMILES string of the molecule is C[CH-]CC.[Y].[Y].[Y].[Y].[c-]1ccccc1. The van der Waals surface area contributed by atoms with Gasteiger partial charge in [-0.25, -0.2) is 0 Å². The molecule has 68 valence electrons. The molecule has 0 aliphatic carbocycles. The van der Waals surface area contributed by atoms with Gasteiger partial charge in [-0.3, -0.25) is 0 Å². The molecular weight excluding hydrogens is 476 g/mol. The summed E-state index contributed by atoms with van der Waals surface area (Å²) in [6.45, 7) is 4.18. The smallest absolute Gasteiger partial charge is 0 e. The van der Waals surface area contributed by atoms with E-state index in [0.29, 0.717) is 0 Å². The van der Waals surface area contributed by atoms with Crippen LogP contribution in [0.5, 0.6) is 0 Å². The first kappa shape index (κ1) is 30.6. The molecule has 0 spiro atoms. The fourth-order valence-corrected chi connectivity index (χ4v) is 0.342. The summed E-state index contributed by atoms with van der Waals surface area (Å²) >= 11 is 0. The quantitative estimate of drug-likeness (QED) is 0.532. The van der Waals surface area contributed by atoms with Crippen LogP contribution < -0.4 is 0 Å². The van der Waals surface area contributed by atoms with Crippen molar-refractivity contribution in [1.29, 1.82) is 0 Å². The molecule has 14 heavy (non-hydrogen) atoms. The third-order valence-electron chi connectivity index (χ3n) is 1.02. The number of rotatable bonds is 1. The first-order chi connectivity index (χ1) is 4.91. The molecule has 0 bridgehead atoms. The van der Waals surface area contributed by atoms with E-state index in [0.717, 1.165) is 0 Å². The van der Waals surface area contributed by atoms with Crippen LogP contribution in [0.3, 0.4) is 0 Å². The Morgan fingerprint density at radius 2 is 1.29 bits per heavy atom. The molecule has 1 aromatic rings. The fourth-order valence-electron chi connectivity index (χ4n) is 0.342. The molecular formula is C10H14Y4-2. The van der Waals surface area contributed by atoms with Crippen molar-refractivity contribution in [2.75, 3.05) is 0 Å². The summed E-state index contributed by atoms with van der Waals surface area (Å²) < 4.78 is 0. The number of hydrogen-bond acceptors (Lipinski definition) is 0. The van der Waals surface area contributed by atoms with Crippen LogP contribution in [0.2, 0.25) is 0 Å². The molecule has 0 saturated carbocycles. The van der Waals surface area contributed by atoms with Crippen molar-refractivity contribution < 1.29 is 131 Å². The minimum absolute atomic E-state index is 0. The van der Waals surface area contributed by atoms with Crippen LogP contribution in [0.15, 0.2) is 30.3 Å². The Labute approximate surface area is 189 Å². The molecule has 0 saturated heterocycles. The van der Waals surface area contributed by atoms with E-state index in [9.17, 15) is 0 Å². The molecule has 0 nitrogen and oxygen atoms in total. The van der Waals surface area contributed by atoms with Gasteiger partial charge in [0.15, 0.2) is 0 Å². The fraction of sp³-hybridized carbons (Fsp3) is 0.300. The van der Waals surface area contributed by atoms with Crippen molar-refractivity contribution in [3.63, 3.8) is 0 Å². The van der Waals surface area contributed by atoms with Gasteiger partial charge in [-0.1, -0.05) is 6.92 Å². The van der Waals surface area contributed by atoms with Gasteiger partial charge >= 0.3 is 0 Å². The van der Waals surface area contributed by atoms with E-state index >= 15 is 0 Å². The van der Waals surface area contributed by atoms with E-state index in [1.165, 1.54) is 6.42 Å². The number of unbranched alkanes of at least 4 members (excludes halogenated alkanes) is 1. The Balaban J connectivity index is -0.0000000315. The van der Waals surface area contributed by atoms with E-state index < -0.39 is 0 Å². The van der Waals surface area contributed by atoms with E-state index in [1.54, 1.807) is 0 Å². The second-order valence-electron chi connectivity index (χ2n) is 1.89. The van der Waals surface area contributed by atoms with E-state index in [2.05, 4.69) is 26.3 Å². The zero-order valence-electron chi connectivity index (χ0n) is 8.98. The van der Waals surface area contributed by atoms with Crippen LogP contribution in [-0.2, 0) is 131 Å². The van der Waals surface area contributed by atoms with Crippen LogP contribution in [0.4, 0.5) is 0 Å². The molecule has 0 aliphatic rings. The Bertz CT molecular complexity index is 104. The van der Waals surface area contributed by atoms with Gasteiger partial charge in [0.1, 0.15) is 0 Å². The Morgan fingerprint density at radius 1 is 0.929 bits per heavy atom. The minimum Gasteiger partial charge on any atom is -0.332 e. The van der Waals surface area contributed by atoms with Crippen molar-refractivity contribution >= 4 is 0 Å². The van der Waals surface area contributed by atoms with Gasteiger partial charge < -0.3 is 6.42 Å². The molecule has 4 heteroatoms. The Morgan fingerprint density at radius 3 is 1.36 bits per heavy atom. The average Bonchev–Trinajstić information content (AvgIpc) is 2.08. The number of benzene rings is 1. The monoisotopic (exact) mass is 490 g/mol. The van der Waals surface area contributed by atoms with Crippen molar-refractivity contribution in [2.45, 2.75) is 20.3 Å². The molecule has 0 amide bonds. The summed E-state index contributed by atoms with van der Waals surface area (Å²) in [4.78, 5) is 0. The summed E-state index contributed by atoms with van der Waals surface area (Å²) in [7, 11) is 0. The maximum absolute atomic E-state index is 2.89. The van der Waals surface area contributed by atoms with Gasteiger partial charge in [-0.2, -0.15) is 49.7 Å². The standard InChI is InChI=1S/C6H5.C4H9.4Y/c1-2-4-6-5-3-1;1-3-4-2;;;;/h1-5H;3H,4H2,1-2H3;;;;/q2*-1;;;;. The zero-order chi connectivity index (χ0) is 7.66. The maximum Gasteiger partial charge on any atom is 0 e. The summed E-state index contributed by atoms with van der Waals surface area (Å²) in [5, 5.41) is 0. The Hall–Kier alpha value is 3.64. The van der Waals surface area contributed by atoms with Crippen LogP contribution in [0, 0.1) is 12.5 Å². The number of hydrogen-bond donors (Lipinski definition) is 0. The van der Waals surface area contributed by atoms with Crippen molar-refractivity contribution in [1.82, 2.24) is 0 Å². The summed E-state index contributed by atoms with van der Waals surface area (Å²) in [5.74, 6) is 0. The van der Waals surface area contributed by atoms with Gasteiger partial charge in [0.05, 0.1) is 0 Å². The van der Waals surface area contributed by atoms with Crippen LogP contribution in [-0.4, -0.2) is 0 Å². The maximum atomic E-state index is 2.89. The molecule has 0 aromatic heterocycles. The predicted molar refractivity (Wildman–Crippen MR) is 45.5 cm³/mol. The predicted octanol–water partition coefficient (Wildman–Crippen LogP) is 3.10. The largest absolute Gasteiger partial charge is 0.332 e. The average molecular weight is 490 g/mol. The zero-order valence-corrected chi connectivity index (χ0v) is 20.3. The summed E-state index contributed by atoms with van der Waals surface area (Å²) in [5.41, 5.74) is 0. The first-order valence-electron chi connectivity index (χ1n) is 3.60. The molecule has 0 atom stereocenters. The van der Waals surface area contributed by atoms with Gasteiger partial charge in [0.2, 0.25) is 0 Å². The van der Waals surface area contributed by atoms with Gasteiger partial charge in [-0.15, -0.1) is 0 Å². The molecule has 1 rings (SSSR count). The molecule has 0 unspecified atom stereocenters. The molecule has 1 aromatic carbocycles. The topological polar surface area (TPSA) is 0 Å². The molecule has 4 radical (unpaired) electrons. The van der Waals surface area contributed by atoms with Crippen molar-refractivity contribution in [2.24, 2.45) is 0 Å². The van der Waals surface area contributed by atoms with Crippen molar-refractivity contribution in [3.8, 4) is 0 Å². The van der Waals surface area contributed by atoms with Crippen LogP contribution >= 0.6 is 0 Å². The van der Waals surface area contributed by atoms with Gasteiger partial charge in [0.25, 0.3) is 0 Å². The van der Waals surface area contributed by atoms with Crippen molar-refractivity contribution in [3.05, 3.63) is 42.8 Å². The summed E-state index contributed by atoms with van der Waals surface area (Å²) in [6, 6.07) is 12.5. The summed E-state index contributed by atoms with van der Waals surface area (Å²) in [6.07, 6.45) is 3.32. The Kier molecular flexibility index (Phi) is 65.6. The van der Waals surface area contributed by atoms with Gasteiger partial charge in [-0.05, 0) is 0 Å². The molecule has 0 N–H and O–H groups in total. The first-order valence-corrected chi connectivity index (χ1v) is 3.60. The minimum atomic E-state index is 0. The second kappa shape index (κ2) is 30.0. The van der Waals surface area contributed by atoms with Gasteiger partial charge in [0, 0.05) is 131 Å². The molecule has 0 heterocycles. The van der Waals surface area contributed by atoms with Crippen LogP contribution in [0.1, 0.15) is 20.3 Å². The molecule has 0 fully saturated rings. The third-order valence-corrected chi connectivity index (χ3v) is 1.02. The van der Waals surface area contributed by atoms with E-state index in [-0.39, 0.29) is 131 Å². The molecule has 0 aliphatic heterocycles. The van der Waals surface area contributed by atoms with Crippen LogP contribution in [0.25, 0.3) is 0 Å². The normalized spacial score (nSPS) is 5.57. The van der Waals surface area contributed by atoms with E-state index in [1.807, 2.05) is 30.3 Å². The van der Waals surface area contributed by atoms with E-state index in [4.69, 9.17) is 0 Å².